The highest BCUT2D eigenvalue weighted by molar-refractivity contribution is 7.10. The van der Waals surface area contributed by atoms with Gasteiger partial charge in [-0.15, -0.1) is 11.3 Å². The fraction of sp³-hybridized carbons (Fsp3) is 0.200. The van der Waals surface area contributed by atoms with Crippen LogP contribution < -0.4 is 5.32 Å². The molecule has 0 radical (unpaired) electrons. The molecule has 1 aromatic carbocycles. The third-order valence-electron chi connectivity index (χ3n) is 4.52. The molecular formula is C20H18N2O3S. The molecule has 0 saturated carbocycles. The van der Waals surface area contributed by atoms with Crippen molar-refractivity contribution in [1.29, 1.82) is 0 Å². The third-order valence-corrected chi connectivity index (χ3v) is 5.49. The SMILES string of the molecule is O=C(C[C@H](c1cccs1)N1Cc2ccccc2C1=O)NCc1ccco1. The molecule has 3 heterocycles. The van der Waals surface area contributed by atoms with Crippen LogP contribution in [-0.4, -0.2) is 16.7 Å². The average Bonchev–Trinajstić information content (AvgIpc) is 3.40. The molecule has 4 rings (SSSR count). The van der Waals surface area contributed by atoms with Gasteiger partial charge in [0.05, 0.1) is 25.3 Å². The Hall–Kier alpha value is -2.86. The molecule has 2 amide bonds. The predicted molar refractivity (Wildman–Crippen MR) is 98.5 cm³/mol. The largest absolute Gasteiger partial charge is 0.467 e. The van der Waals surface area contributed by atoms with E-state index in [1.165, 1.54) is 0 Å². The summed E-state index contributed by atoms with van der Waals surface area (Å²) in [6.45, 7) is 0.875. The normalized spacial score (nSPS) is 14.3. The molecule has 132 valence electrons. The summed E-state index contributed by atoms with van der Waals surface area (Å²) in [5, 5.41) is 4.84. The molecule has 1 N–H and O–H groups in total. The van der Waals surface area contributed by atoms with Crippen molar-refractivity contribution in [3.8, 4) is 0 Å². The molecule has 0 saturated heterocycles. The maximum atomic E-state index is 12.8. The van der Waals surface area contributed by atoms with E-state index < -0.39 is 0 Å². The first-order chi connectivity index (χ1) is 12.7. The van der Waals surface area contributed by atoms with E-state index >= 15 is 0 Å². The Kier molecular flexibility index (Phi) is 4.58. The lowest BCUT2D eigenvalue weighted by atomic mass is 10.1. The summed E-state index contributed by atoms with van der Waals surface area (Å²) in [7, 11) is 0. The lowest BCUT2D eigenvalue weighted by Crippen LogP contribution is -2.33. The van der Waals surface area contributed by atoms with Crippen LogP contribution in [0.4, 0.5) is 0 Å². The molecule has 0 aliphatic carbocycles. The third kappa shape index (κ3) is 3.28. The van der Waals surface area contributed by atoms with Gasteiger partial charge in [0.1, 0.15) is 5.76 Å². The first kappa shape index (κ1) is 16.6. The lowest BCUT2D eigenvalue weighted by molar-refractivity contribution is -0.122. The van der Waals surface area contributed by atoms with Crippen molar-refractivity contribution in [2.75, 3.05) is 0 Å². The molecular weight excluding hydrogens is 348 g/mol. The topological polar surface area (TPSA) is 62.6 Å². The Balaban J connectivity index is 1.51. The number of benzene rings is 1. The quantitative estimate of drug-likeness (QED) is 0.723. The number of hydrogen-bond acceptors (Lipinski definition) is 4. The van der Waals surface area contributed by atoms with E-state index in [4.69, 9.17) is 4.42 Å². The molecule has 3 aromatic rings. The van der Waals surface area contributed by atoms with Gasteiger partial charge in [0.15, 0.2) is 0 Å². The van der Waals surface area contributed by atoms with Crippen molar-refractivity contribution in [3.63, 3.8) is 0 Å². The number of rotatable bonds is 6. The fourth-order valence-electron chi connectivity index (χ4n) is 3.22. The highest BCUT2D eigenvalue weighted by Gasteiger charge is 2.34. The number of carbonyl (C=O) groups excluding carboxylic acids is 2. The summed E-state index contributed by atoms with van der Waals surface area (Å²) < 4.78 is 5.24. The van der Waals surface area contributed by atoms with Gasteiger partial charge >= 0.3 is 0 Å². The molecule has 0 unspecified atom stereocenters. The maximum Gasteiger partial charge on any atom is 0.255 e. The van der Waals surface area contributed by atoms with E-state index in [0.717, 1.165) is 16.0 Å². The van der Waals surface area contributed by atoms with Crippen LogP contribution in [0.25, 0.3) is 0 Å². The van der Waals surface area contributed by atoms with Gasteiger partial charge in [-0.25, -0.2) is 0 Å². The minimum absolute atomic E-state index is 0.0159. The minimum Gasteiger partial charge on any atom is -0.467 e. The Morgan fingerprint density at radius 1 is 1.19 bits per heavy atom. The maximum absolute atomic E-state index is 12.8. The molecule has 6 heteroatoms. The number of nitrogens with zero attached hydrogens (tertiary/aromatic N) is 1. The van der Waals surface area contributed by atoms with Crippen LogP contribution in [0.1, 0.15) is 39.0 Å². The van der Waals surface area contributed by atoms with Crippen LogP contribution in [0.2, 0.25) is 0 Å². The van der Waals surface area contributed by atoms with Crippen LogP contribution in [0.5, 0.6) is 0 Å². The van der Waals surface area contributed by atoms with Crippen molar-refractivity contribution in [2.24, 2.45) is 0 Å². The Labute approximate surface area is 155 Å². The monoisotopic (exact) mass is 366 g/mol. The molecule has 1 atom stereocenters. The number of hydrogen-bond donors (Lipinski definition) is 1. The highest BCUT2D eigenvalue weighted by atomic mass is 32.1. The number of nitrogens with one attached hydrogen (secondary N) is 1. The van der Waals surface area contributed by atoms with Gasteiger partial charge in [-0.05, 0) is 35.2 Å². The smallest absolute Gasteiger partial charge is 0.255 e. The van der Waals surface area contributed by atoms with E-state index in [1.54, 1.807) is 28.6 Å². The number of fused-ring (bicyclic) bond motifs is 1. The zero-order valence-electron chi connectivity index (χ0n) is 14.1. The van der Waals surface area contributed by atoms with Gasteiger partial charge in [-0.1, -0.05) is 24.3 Å². The van der Waals surface area contributed by atoms with Gasteiger partial charge in [0, 0.05) is 17.0 Å². The van der Waals surface area contributed by atoms with Gasteiger partial charge in [0.25, 0.3) is 5.91 Å². The number of amides is 2. The summed E-state index contributed by atoms with van der Waals surface area (Å²) >= 11 is 1.56. The van der Waals surface area contributed by atoms with Gasteiger partial charge in [0.2, 0.25) is 5.91 Å². The number of carbonyl (C=O) groups is 2. The van der Waals surface area contributed by atoms with Crippen molar-refractivity contribution in [1.82, 2.24) is 10.2 Å². The fourth-order valence-corrected chi connectivity index (χ4v) is 4.06. The van der Waals surface area contributed by atoms with E-state index in [0.29, 0.717) is 18.8 Å². The van der Waals surface area contributed by atoms with Crippen molar-refractivity contribution < 1.29 is 14.0 Å². The van der Waals surface area contributed by atoms with Crippen LogP contribution in [0.3, 0.4) is 0 Å². The first-order valence-electron chi connectivity index (χ1n) is 8.44. The van der Waals surface area contributed by atoms with Crippen molar-refractivity contribution >= 4 is 23.2 Å². The molecule has 26 heavy (non-hydrogen) atoms. The van der Waals surface area contributed by atoms with Crippen LogP contribution in [0.15, 0.2) is 64.6 Å². The summed E-state index contributed by atoms with van der Waals surface area (Å²) in [5.74, 6) is 0.581. The number of thiophene rings is 1. The second-order valence-electron chi connectivity index (χ2n) is 6.18. The van der Waals surface area contributed by atoms with E-state index in [9.17, 15) is 9.59 Å². The van der Waals surface area contributed by atoms with Gasteiger partial charge in [-0.2, -0.15) is 0 Å². The summed E-state index contributed by atoms with van der Waals surface area (Å²) in [4.78, 5) is 28.1. The lowest BCUT2D eigenvalue weighted by Gasteiger charge is -2.26. The average molecular weight is 366 g/mol. The predicted octanol–water partition coefficient (Wildman–Crippen LogP) is 3.74. The zero-order valence-corrected chi connectivity index (χ0v) is 14.9. The van der Waals surface area contributed by atoms with Gasteiger partial charge < -0.3 is 14.6 Å². The van der Waals surface area contributed by atoms with E-state index in [-0.39, 0.29) is 24.3 Å². The van der Waals surface area contributed by atoms with Crippen molar-refractivity contribution in [2.45, 2.75) is 25.6 Å². The summed E-state index contributed by atoms with van der Waals surface area (Å²) in [5.41, 5.74) is 1.74. The molecule has 0 fully saturated rings. The molecule has 0 bridgehead atoms. The Morgan fingerprint density at radius 2 is 2.08 bits per heavy atom. The standard InChI is InChI=1S/C20H18N2O3S/c23-19(21-12-15-6-3-9-25-15)11-17(18-8-4-10-26-18)22-13-14-5-1-2-7-16(14)20(22)24/h1-10,17H,11-13H2,(H,21,23)/t17-/m1/s1. The Morgan fingerprint density at radius 3 is 2.81 bits per heavy atom. The highest BCUT2D eigenvalue weighted by Crippen LogP contribution is 2.35. The van der Waals surface area contributed by atoms with Crippen molar-refractivity contribution in [3.05, 3.63) is 81.9 Å². The second kappa shape index (κ2) is 7.17. The first-order valence-corrected chi connectivity index (χ1v) is 9.31. The number of furan rings is 1. The molecule has 0 spiro atoms. The van der Waals surface area contributed by atoms with Crippen LogP contribution in [-0.2, 0) is 17.9 Å². The Bertz CT molecular complexity index is 903. The zero-order chi connectivity index (χ0) is 17.9. The molecule has 2 aromatic heterocycles. The summed E-state index contributed by atoms with van der Waals surface area (Å²) in [6, 6.07) is 14.9. The van der Waals surface area contributed by atoms with Gasteiger partial charge in [-0.3, -0.25) is 9.59 Å². The van der Waals surface area contributed by atoms with E-state index in [2.05, 4.69) is 5.32 Å². The summed E-state index contributed by atoms with van der Waals surface area (Å²) in [6.07, 6.45) is 1.80. The van der Waals surface area contributed by atoms with E-state index in [1.807, 2.05) is 47.8 Å². The molecule has 5 nitrogen and oxygen atoms in total. The molecule has 1 aliphatic rings. The minimum atomic E-state index is -0.272. The van der Waals surface area contributed by atoms with Crippen LogP contribution in [0, 0.1) is 0 Å². The molecule has 1 aliphatic heterocycles. The van der Waals surface area contributed by atoms with Crippen LogP contribution >= 0.6 is 11.3 Å². The second-order valence-corrected chi connectivity index (χ2v) is 7.16.